The molecule has 142 valence electrons. The molecule has 0 aliphatic heterocycles. The molecule has 0 fully saturated rings. The van der Waals surface area contributed by atoms with Crippen molar-refractivity contribution in [3.63, 3.8) is 0 Å². The number of hydrogen-bond acceptors (Lipinski definition) is 4. The van der Waals surface area contributed by atoms with Gasteiger partial charge in [-0.05, 0) is 61.9 Å². The monoisotopic (exact) mass is 416 g/mol. The van der Waals surface area contributed by atoms with Gasteiger partial charge in [0.05, 0.1) is 15.6 Å². The first-order valence-electron chi connectivity index (χ1n) is 9.28. The molecule has 0 radical (unpaired) electrons. The number of rotatable bonds is 2. The maximum Gasteiger partial charge on any atom is 0.210 e. The van der Waals surface area contributed by atoms with E-state index in [4.69, 9.17) is 26.0 Å². The molecule has 0 unspecified atom stereocenters. The molecule has 0 N–H and O–H groups in total. The van der Waals surface area contributed by atoms with Crippen molar-refractivity contribution in [2.75, 3.05) is 0 Å². The van der Waals surface area contributed by atoms with Gasteiger partial charge in [-0.2, -0.15) is 0 Å². The van der Waals surface area contributed by atoms with Crippen molar-refractivity contribution in [3.05, 3.63) is 88.2 Å². The Morgan fingerprint density at radius 2 is 1.79 bits per heavy atom. The van der Waals surface area contributed by atoms with Crippen LogP contribution in [-0.4, -0.2) is 4.98 Å². The Labute approximate surface area is 177 Å². The highest BCUT2D eigenvalue weighted by Crippen LogP contribution is 2.30. The average molecular weight is 417 g/mol. The highest BCUT2D eigenvalue weighted by Gasteiger charge is 2.09. The number of benzene rings is 3. The van der Waals surface area contributed by atoms with Gasteiger partial charge in [-0.15, -0.1) is 0 Å². The second kappa shape index (κ2) is 7.14. The molecule has 3 nitrogen and oxygen atoms in total. The Balaban J connectivity index is 1.77. The molecule has 0 saturated carbocycles. The molecule has 5 rings (SSSR count). The van der Waals surface area contributed by atoms with Crippen molar-refractivity contribution in [1.29, 1.82) is 0 Å². The van der Waals surface area contributed by atoms with Crippen LogP contribution in [0.1, 0.15) is 11.1 Å². The fraction of sp³-hybridized carbons (Fsp3) is 0.0833. The fourth-order valence-corrected chi connectivity index (χ4v) is 4.41. The molecule has 0 aliphatic carbocycles. The zero-order chi connectivity index (χ0) is 20.0. The van der Waals surface area contributed by atoms with Crippen LogP contribution in [0.15, 0.2) is 76.1 Å². The van der Waals surface area contributed by atoms with Gasteiger partial charge in [-0.3, -0.25) is 0 Å². The van der Waals surface area contributed by atoms with Gasteiger partial charge < -0.3 is 4.42 Å². The third-order valence-corrected chi connectivity index (χ3v) is 6.02. The molecule has 5 heteroatoms. The van der Waals surface area contributed by atoms with E-state index in [1.807, 2.05) is 42.5 Å². The van der Waals surface area contributed by atoms with Crippen LogP contribution in [0.3, 0.4) is 0 Å². The lowest BCUT2D eigenvalue weighted by atomic mass is 10.1. The number of thiazole rings is 1. The van der Waals surface area contributed by atoms with Gasteiger partial charge in [0.15, 0.2) is 0 Å². The van der Waals surface area contributed by atoms with E-state index in [1.54, 1.807) is 11.3 Å². The second-order valence-electron chi connectivity index (χ2n) is 7.03. The third kappa shape index (κ3) is 3.46. The topological polar surface area (TPSA) is 38.4 Å². The first kappa shape index (κ1) is 18.1. The van der Waals surface area contributed by atoms with E-state index in [2.05, 4.69) is 38.1 Å². The lowest BCUT2D eigenvalue weighted by molar-refractivity contribution is 0.618. The number of nitrogens with zero attached hydrogens (tertiary/aromatic N) is 2. The van der Waals surface area contributed by atoms with Crippen molar-refractivity contribution < 1.29 is 4.42 Å². The molecule has 0 amide bonds. The lowest BCUT2D eigenvalue weighted by Gasteiger charge is -2.06. The molecule has 29 heavy (non-hydrogen) atoms. The lowest BCUT2D eigenvalue weighted by Crippen LogP contribution is -2.03. The van der Waals surface area contributed by atoms with Gasteiger partial charge in [0.25, 0.3) is 0 Å². The largest absolute Gasteiger partial charge is 0.456 e. The van der Waals surface area contributed by atoms with E-state index < -0.39 is 0 Å². The molecule has 0 atom stereocenters. The summed E-state index contributed by atoms with van der Waals surface area (Å²) >= 11 is 7.64. The zero-order valence-electron chi connectivity index (χ0n) is 15.9. The van der Waals surface area contributed by atoms with Crippen molar-refractivity contribution >= 4 is 49.3 Å². The smallest absolute Gasteiger partial charge is 0.210 e. The minimum atomic E-state index is 0.694. The summed E-state index contributed by atoms with van der Waals surface area (Å²) in [6.45, 7) is 4.14. The molecule has 2 aromatic heterocycles. The maximum absolute atomic E-state index is 6.18. The van der Waals surface area contributed by atoms with Crippen LogP contribution >= 0.6 is 22.9 Å². The molecule has 2 heterocycles. The Bertz CT molecular complexity index is 1430. The highest BCUT2D eigenvalue weighted by atomic mass is 35.5. The normalized spacial score (nSPS) is 12.2. The first-order chi connectivity index (χ1) is 14.1. The Hall–Kier alpha value is -2.95. The highest BCUT2D eigenvalue weighted by molar-refractivity contribution is 7.21. The van der Waals surface area contributed by atoms with Crippen molar-refractivity contribution in [3.8, 4) is 11.3 Å². The molecule has 5 aromatic rings. The number of hydrogen-bond donors (Lipinski definition) is 0. The van der Waals surface area contributed by atoms with Crippen LogP contribution in [0, 0.1) is 13.8 Å². The van der Waals surface area contributed by atoms with Crippen LogP contribution in [0.4, 0.5) is 5.13 Å². The number of halogens is 1. The number of fused-ring (bicyclic) bond motifs is 2. The molecule has 3 aromatic carbocycles. The fourth-order valence-electron chi connectivity index (χ4n) is 3.36. The summed E-state index contributed by atoms with van der Waals surface area (Å²) in [7, 11) is 0. The van der Waals surface area contributed by atoms with Gasteiger partial charge in [-0.1, -0.05) is 46.7 Å². The van der Waals surface area contributed by atoms with Crippen molar-refractivity contribution in [1.82, 2.24) is 4.98 Å². The molecular formula is C24H17ClN2OS. The maximum atomic E-state index is 6.18. The molecule has 0 saturated heterocycles. The summed E-state index contributed by atoms with van der Waals surface area (Å²) in [6.07, 6.45) is 0. The summed E-state index contributed by atoms with van der Waals surface area (Å²) in [5.41, 5.74) is 5.07. The van der Waals surface area contributed by atoms with Gasteiger partial charge >= 0.3 is 0 Å². The van der Waals surface area contributed by atoms with Gasteiger partial charge in [0.2, 0.25) is 5.13 Å². The summed E-state index contributed by atoms with van der Waals surface area (Å²) in [4.78, 5) is 9.67. The Morgan fingerprint density at radius 3 is 2.59 bits per heavy atom. The minimum Gasteiger partial charge on any atom is -0.456 e. The van der Waals surface area contributed by atoms with E-state index in [1.165, 1.54) is 0 Å². The predicted molar refractivity (Wildman–Crippen MR) is 121 cm³/mol. The van der Waals surface area contributed by atoms with E-state index in [-0.39, 0.29) is 0 Å². The summed E-state index contributed by atoms with van der Waals surface area (Å²) < 4.78 is 7.32. The van der Waals surface area contributed by atoms with E-state index >= 15 is 0 Å². The molecular weight excluding hydrogens is 400 g/mol. The van der Waals surface area contributed by atoms with E-state index in [0.717, 1.165) is 54.1 Å². The Morgan fingerprint density at radius 1 is 0.966 bits per heavy atom. The van der Waals surface area contributed by atoms with Crippen LogP contribution in [0.5, 0.6) is 0 Å². The quantitative estimate of drug-likeness (QED) is 0.305. The predicted octanol–water partition coefficient (Wildman–Crippen LogP) is 7.21. The second-order valence-corrected chi connectivity index (χ2v) is 8.48. The van der Waals surface area contributed by atoms with Gasteiger partial charge in [0.1, 0.15) is 11.3 Å². The van der Waals surface area contributed by atoms with Crippen LogP contribution < -0.4 is 5.36 Å². The minimum absolute atomic E-state index is 0.694. The summed E-state index contributed by atoms with van der Waals surface area (Å²) in [5.74, 6) is 0.745. The SMILES string of the molecule is Cc1ccc2oc(-c3ccc(Cl)cc3)cc(=Nc3nc4c(C)cccc4s3)c2c1. The average Bonchev–Trinajstić information content (AvgIpc) is 3.13. The van der Waals surface area contributed by atoms with Crippen molar-refractivity contribution in [2.24, 2.45) is 4.99 Å². The number of aromatic nitrogens is 1. The summed E-state index contributed by atoms with van der Waals surface area (Å²) in [5, 5.41) is 3.25. The first-order valence-corrected chi connectivity index (χ1v) is 10.5. The Kier molecular flexibility index (Phi) is 4.46. The third-order valence-electron chi connectivity index (χ3n) is 4.85. The van der Waals surface area contributed by atoms with Crippen molar-refractivity contribution in [2.45, 2.75) is 13.8 Å². The zero-order valence-corrected chi connectivity index (χ0v) is 17.5. The molecule has 0 aliphatic rings. The van der Waals surface area contributed by atoms with E-state index in [9.17, 15) is 0 Å². The standard InChI is InChI=1S/C24H17ClN2OS/c1-14-6-11-20-18(12-14)19(13-21(28-20)16-7-9-17(25)10-8-16)26-24-27-23-15(2)4-3-5-22(23)29-24/h3-13H,1-2H3. The van der Waals surface area contributed by atoms with Crippen LogP contribution in [0.25, 0.3) is 32.5 Å². The van der Waals surface area contributed by atoms with Gasteiger partial charge in [0, 0.05) is 22.0 Å². The number of para-hydroxylation sites is 1. The number of aryl methyl sites for hydroxylation is 2. The van der Waals surface area contributed by atoms with Crippen LogP contribution in [0.2, 0.25) is 5.02 Å². The molecule has 0 bridgehead atoms. The van der Waals surface area contributed by atoms with Gasteiger partial charge in [-0.25, -0.2) is 9.98 Å². The van der Waals surface area contributed by atoms with E-state index in [0.29, 0.717) is 5.02 Å². The van der Waals surface area contributed by atoms with Crippen LogP contribution in [-0.2, 0) is 0 Å². The summed E-state index contributed by atoms with van der Waals surface area (Å²) in [6, 6.07) is 21.9. The molecule has 0 spiro atoms.